The molecule has 0 saturated heterocycles. The summed E-state index contributed by atoms with van der Waals surface area (Å²) in [7, 11) is 0.258. The van der Waals surface area contributed by atoms with Gasteiger partial charge in [0.05, 0.1) is 20.8 Å². The van der Waals surface area contributed by atoms with Crippen molar-refractivity contribution < 1.29 is 27.4 Å². The summed E-state index contributed by atoms with van der Waals surface area (Å²) in [6, 6.07) is 4.47. The summed E-state index contributed by atoms with van der Waals surface area (Å²) >= 11 is 0. The molecule has 0 aromatic heterocycles. The van der Waals surface area contributed by atoms with Crippen LogP contribution in [0, 0.1) is 0 Å². The highest BCUT2D eigenvalue weighted by molar-refractivity contribution is 7.89. The lowest BCUT2D eigenvalue weighted by atomic mass is 10.3. The lowest BCUT2D eigenvalue weighted by Gasteiger charge is -2.19. The summed E-state index contributed by atoms with van der Waals surface area (Å²) in [6.45, 7) is 3.20. The van der Waals surface area contributed by atoms with Crippen LogP contribution in [-0.4, -0.2) is 66.2 Å². The van der Waals surface area contributed by atoms with Gasteiger partial charge in [-0.2, -0.15) is 4.31 Å². The number of sulfonamides is 1. The van der Waals surface area contributed by atoms with E-state index < -0.39 is 10.0 Å². The second-order valence-electron chi connectivity index (χ2n) is 5.18. The molecule has 0 saturated carbocycles. The first-order valence-corrected chi connectivity index (χ1v) is 9.33. The third kappa shape index (κ3) is 6.18. The largest absolute Gasteiger partial charge is 0.497 e. The molecule has 0 fully saturated rings. The van der Waals surface area contributed by atoms with Gasteiger partial charge in [-0.25, -0.2) is 8.42 Å². The van der Waals surface area contributed by atoms with Crippen molar-refractivity contribution in [2.45, 2.75) is 18.2 Å². The minimum Gasteiger partial charge on any atom is -0.497 e. The van der Waals surface area contributed by atoms with Crippen molar-refractivity contribution in [2.24, 2.45) is 0 Å². The molecule has 0 radical (unpaired) electrons. The standard InChI is InChI=1S/C16H26N2O6S/c1-5-24-10-6-9-17-16(19)12-18(2)25(20,21)15-11-13(22-3)7-8-14(15)23-4/h7-8,11H,5-6,9-10,12H2,1-4H3,(H,17,19). The molecule has 1 amide bonds. The van der Waals surface area contributed by atoms with Crippen molar-refractivity contribution in [1.82, 2.24) is 9.62 Å². The second-order valence-corrected chi connectivity index (χ2v) is 7.19. The average Bonchev–Trinajstić information content (AvgIpc) is 2.60. The molecule has 1 aromatic rings. The van der Waals surface area contributed by atoms with E-state index in [0.29, 0.717) is 31.9 Å². The van der Waals surface area contributed by atoms with Crippen LogP contribution in [0.4, 0.5) is 0 Å². The summed E-state index contributed by atoms with van der Waals surface area (Å²) < 4.78 is 41.8. The number of rotatable bonds is 11. The number of amides is 1. The monoisotopic (exact) mass is 374 g/mol. The van der Waals surface area contributed by atoms with Crippen molar-refractivity contribution in [3.05, 3.63) is 18.2 Å². The minimum atomic E-state index is -3.91. The Balaban J connectivity index is 2.76. The topological polar surface area (TPSA) is 94.2 Å². The minimum absolute atomic E-state index is 0.0546. The van der Waals surface area contributed by atoms with Crippen LogP contribution >= 0.6 is 0 Å². The second kappa shape index (κ2) is 10.2. The smallest absolute Gasteiger partial charge is 0.247 e. The number of likely N-dealkylation sites (N-methyl/N-ethyl adjacent to an activating group) is 1. The van der Waals surface area contributed by atoms with Crippen molar-refractivity contribution in [3.8, 4) is 11.5 Å². The van der Waals surface area contributed by atoms with E-state index in [0.717, 1.165) is 4.31 Å². The Kier molecular flexibility index (Phi) is 8.67. The van der Waals surface area contributed by atoms with Crippen LogP contribution in [0.5, 0.6) is 11.5 Å². The molecule has 0 aliphatic carbocycles. The fraction of sp³-hybridized carbons (Fsp3) is 0.562. The highest BCUT2D eigenvalue weighted by atomic mass is 32.2. The van der Waals surface area contributed by atoms with E-state index in [-0.39, 0.29) is 23.1 Å². The SMILES string of the molecule is CCOCCCNC(=O)CN(C)S(=O)(=O)c1cc(OC)ccc1OC. The summed E-state index contributed by atoms with van der Waals surface area (Å²) in [5, 5.41) is 2.67. The number of methoxy groups -OCH3 is 2. The Bertz CT molecular complexity index is 663. The summed E-state index contributed by atoms with van der Waals surface area (Å²) in [6.07, 6.45) is 0.666. The average molecular weight is 374 g/mol. The van der Waals surface area contributed by atoms with E-state index in [1.807, 2.05) is 6.92 Å². The predicted molar refractivity (Wildman–Crippen MR) is 93.5 cm³/mol. The maximum absolute atomic E-state index is 12.7. The molecule has 9 heteroatoms. The molecule has 0 aliphatic heterocycles. The molecular formula is C16H26N2O6S. The van der Waals surface area contributed by atoms with Crippen LogP contribution in [0.1, 0.15) is 13.3 Å². The molecule has 25 heavy (non-hydrogen) atoms. The zero-order chi connectivity index (χ0) is 18.9. The van der Waals surface area contributed by atoms with Gasteiger partial charge in [0, 0.05) is 32.9 Å². The van der Waals surface area contributed by atoms with Gasteiger partial charge in [0.2, 0.25) is 15.9 Å². The van der Waals surface area contributed by atoms with Gasteiger partial charge in [0.15, 0.2) is 0 Å². The van der Waals surface area contributed by atoms with Crippen LogP contribution in [0.25, 0.3) is 0 Å². The van der Waals surface area contributed by atoms with E-state index in [1.165, 1.54) is 33.4 Å². The molecule has 0 atom stereocenters. The molecule has 1 rings (SSSR count). The Morgan fingerprint density at radius 1 is 1.24 bits per heavy atom. The molecule has 0 bridgehead atoms. The number of carbonyl (C=O) groups is 1. The molecule has 1 N–H and O–H groups in total. The number of benzene rings is 1. The summed E-state index contributed by atoms with van der Waals surface area (Å²) in [4.78, 5) is 11.9. The van der Waals surface area contributed by atoms with Crippen LogP contribution in [0.15, 0.2) is 23.1 Å². The molecule has 0 spiro atoms. The Morgan fingerprint density at radius 3 is 2.56 bits per heavy atom. The molecule has 142 valence electrons. The van der Waals surface area contributed by atoms with Gasteiger partial charge in [-0.05, 0) is 25.5 Å². The van der Waals surface area contributed by atoms with E-state index in [1.54, 1.807) is 6.07 Å². The zero-order valence-electron chi connectivity index (χ0n) is 15.1. The molecule has 0 heterocycles. The fourth-order valence-corrected chi connectivity index (χ4v) is 3.34. The van der Waals surface area contributed by atoms with E-state index in [4.69, 9.17) is 14.2 Å². The van der Waals surface area contributed by atoms with Crippen molar-refractivity contribution >= 4 is 15.9 Å². The van der Waals surface area contributed by atoms with Crippen LogP contribution in [0.3, 0.4) is 0 Å². The number of carbonyl (C=O) groups excluding carboxylic acids is 1. The van der Waals surface area contributed by atoms with Crippen molar-refractivity contribution in [2.75, 3.05) is 47.6 Å². The van der Waals surface area contributed by atoms with Crippen LogP contribution < -0.4 is 14.8 Å². The van der Waals surface area contributed by atoms with Gasteiger partial charge in [0.25, 0.3) is 0 Å². The third-order valence-electron chi connectivity index (χ3n) is 3.42. The first-order chi connectivity index (χ1) is 11.9. The molecule has 0 unspecified atom stereocenters. The molecule has 8 nitrogen and oxygen atoms in total. The Hall–Kier alpha value is -1.84. The first-order valence-electron chi connectivity index (χ1n) is 7.89. The lowest BCUT2D eigenvalue weighted by molar-refractivity contribution is -0.121. The maximum Gasteiger partial charge on any atom is 0.247 e. The highest BCUT2D eigenvalue weighted by Crippen LogP contribution is 2.29. The predicted octanol–water partition coefficient (Wildman–Crippen LogP) is 0.867. The van der Waals surface area contributed by atoms with E-state index in [2.05, 4.69) is 5.32 Å². The van der Waals surface area contributed by atoms with Gasteiger partial charge in [-0.1, -0.05) is 0 Å². The number of hydrogen-bond acceptors (Lipinski definition) is 6. The van der Waals surface area contributed by atoms with Crippen molar-refractivity contribution in [1.29, 1.82) is 0 Å². The summed E-state index contributed by atoms with van der Waals surface area (Å²) in [5.74, 6) is 0.183. The number of ether oxygens (including phenoxy) is 3. The van der Waals surface area contributed by atoms with Crippen LogP contribution in [-0.2, 0) is 19.6 Å². The number of hydrogen-bond donors (Lipinski definition) is 1. The van der Waals surface area contributed by atoms with Gasteiger partial charge in [-0.3, -0.25) is 4.79 Å². The van der Waals surface area contributed by atoms with Gasteiger partial charge >= 0.3 is 0 Å². The van der Waals surface area contributed by atoms with Gasteiger partial charge in [0.1, 0.15) is 16.4 Å². The summed E-state index contributed by atoms with van der Waals surface area (Å²) in [5.41, 5.74) is 0. The Labute approximate surface area is 149 Å². The number of nitrogens with zero attached hydrogens (tertiary/aromatic N) is 1. The molecular weight excluding hydrogens is 348 g/mol. The first kappa shape index (κ1) is 21.2. The highest BCUT2D eigenvalue weighted by Gasteiger charge is 2.27. The van der Waals surface area contributed by atoms with Gasteiger partial charge < -0.3 is 19.5 Å². The quantitative estimate of drug-likeness (QED) is 0.578. The van der Waals surface area contributed by atoms with Crippen LogP contribution in [0.2, 0.25) is 0 Å². The normalized spacial score (nSPS) is 11.4. The lowest BCUT2D eigenvalue weighted by Crippen LogP contribution is -2.38. The van der Waals surface area contributed by atoms with Gasteiger partial charge in [-0.15, -0.1) is 0 Å². The fourth-order valence-electron chi connectivity index (χ4n) is 2.04. The Morgan fingerprint density at radius 2 is 1.96 bits per heavy atom. The van der Waals surface area contributed by atoms with E-state index >= 15 is 0 Å². The zero-order valence-corrected chi connectivity index (χ0v) is 15.9. The maximum atomic E-state index is 12.7. The molecule has 0 aliphatic rings. The third-order valence-corrected chi connectivity index (χ3v) is 5.24. The number of nitrogens with one attached hydrogen (secondary N) is 1. The molecule has 1 aromatic carbocycles. The van der Waals surface area contributed by atoms with E-state index in [9.17, 15) is 13.2 Å². The van der Waals surface area contributed by atoms with Crippen molar-refractivity contribution in [3.63, 3.8) is 0 Å².